The van der Waals surface area contributed by atoms with Gasteiger partial charge in [-0.2, -0.15) is 0 Å². The quantitative estimate of drug-likeness (QED) is 0.332. The molecule has 2 aliphatic heterocycles. The lowest BCUT2D eigenvalue weighted by Crippen LogP contribution is -2.50. The molecule has 1 fully saturated rings. The zero-order valence-electron chi connectivity index (χ0n) is 24.7. The molecule has 0 aliphatic carbocycles. The second-order valence-electron chi connectivity index (χ2n) is 9.95. The number of hydrogen-bond acceptors (Lipinski definition) is 5. The summed E-state index contributed by atoms with van der Waals surface area (Å²) in [4.78, 5) is 28.4. The summed E-state index contributed by atoms with van der Waals surface area (Å²) in [5.74, 6) is 0.0417. The van der Waals surface area contributed by atoms with E-state index in [0.29, 0.717) is 50.6 Å². The topological polar surface area (TPSA) is 99.7 Å². The molecule has 0 aromatic heterocycles. The van der Waals surface area contributed by atoms with Crippen LogP contribution in [0, 0.1) is 12.3 Å². The van der Waals surface area contributed by atoms with Crippen LogP contribution in [0.2, 0.25) is 0 Å². The van der Waals surface area contributed by atoms with Gasteiger partial charge in [0, 0.05) is 56.1 Å². The van der Waals surface area contributed by atoms with E-state index in [1.807, 2.05) is 55.1 Å². The molecule has 2 heterocycles. The number of nitrogens with two attached hydrogens (primary N) is 1. The first kappa shape index (κ1) is 30.8. The van der Waals surface area contributed by atoms with Crippen molar-refractivity contribution in [1.82, 2.24) is 9.80 Å². The van der Waals surface area contributed by atoms with Crippen molar-refractivity contribution in [2.45, 2.75) is 53.9 Å². The number of benzene rings is 2. The molecule has 0 unspecified atom stereocenters. The summed E-state index contributed by atoms with van der Waals surface area (Å²) in [6.07, 6.45) is 6.28. The van der Waals surface area contributed by atoms with Gasteiger partial charge in [-0.05, 0) is 71.4 Å². The van der Waals surface area contributed by atoms with E-state index in [1.165, 1.54) is 11.8 Å². The highest BCUT2D eigenvalue weighted by molar-refractivity contribution is 5.99. The lowest BCUT2D eigenvalue weighted by Gasteiger charge is -2.34. The highest BCUT2D eigenvalue weighted by Crippen LogP contribution is 2.39. The van der Waals surface area contributed by atoms with Gasteiger partial charge in [-0.1, -0.05) is 51.5 Å². The molecule has 7 nitrogen and oxygen atoms in total. The molecular formula is C33H44N4O3. The summed E-state index contributed by atoms with van der Waals surface area (Å²) in [5.41, 5.74) is 14.8. The van der Waals surface area contributed by atoms with Crippen LogP contribution in [0.25, 0.3) is 11.1 Å². The molecule has 4 rings (SSSR count). The fourth-order valence-corrected chi connectivity index (χ4v) is 5.31. The second-order valence-corrected chi connectivity index (χ2v) is 9.95. The second kappa shape index (κ2) is 14.6. The van der Waals surface area contributed by atoms with Gasteiger partial charge in [-0.15, -0.1) is 0 Å². The number of carbonyl (C=O) groups excluding carboxylic acids is 2. The molecule has 0 bridgehead atoms. The first-order chi connectivity index (χ1) is 19.3. The number of nitrogens with zero attached hydrogens (tertiary/aromatic N) is 2. The van der Waals surface area contributed by atoms with Crippen LogP contribution < -0.4 is 5.73 Å². The lowest BCUT2D eigenvalue weighted by atomic mass is 9.84. The highest BCUT2D eigenvalue weighted by atomic mass is 16.5. The lowest BCUT2D eigenvalue weighted by molar-refractivity contribution is -0.130. The predicted octanol–water partition coefficient (Wildman–Crippen LogP) is 5.96. The molecule has 2 aromatic rings. The zero-order valence-corrected chi connectivity index (χ0v) is 24.7. The van der Waals surface area contributed by atoms with Gasteiger partial charge >= 0.3 is 0 Å². The smallest absolute Gasteiger partial charge is 0.253 e. The van der Waals surface area contributed by atoms with Crippen molar-refractivity contribution in [3.8, 4) is 0 Å². The molecule has 0 saturated carbocycles. The maximum atomic E-state index is 13.2. The van der Waals surface area contributed by atoms with Crippen LogP contribution in [-0.4, -0.2) is 67.2 Å². The van der Waals surface area contributed by atoms with Gasteiger partial charge in [0.2, 0.25) is 5.91 Å². The number of unbranched alkanes of at least 4 members (excludes halogenated alkanes) is 1. The van der Waals surface area contributed by atoms with Crippen molar-refractivity contribution in [1.29, 1.82) is 5.41 Å². The third-order valence-corrected chi connectivity index (χ3v) is 7.46. The Morgan fingerprint density at radius 2 is 1.62 bits per heavy atom. The molecular weight excluding hydrogens is 500 g/mol. The van der Waals surface area contributed by atoms with Gasteiger partial charge in [0.05, 0.1) is 13.2 Å². The fraction of sp³-hybridized carbons (Fsp3) is 0.424. The Morgan fingerprint density at radius 1 is 1.00 bits per heavy atom. The number of ether oxygens (including phenoxy) is 1. The highest BCUT2D eigenvalue weighted by Gasteiger charge is 2.25. The third kappa shape index (κ3) is 6.89. The number of amides is 2. The first-order valence-corrected chi connectivity index (χ1v) is 14.4. The number of piperazine rings is 1. The molecule has 0 radical (unpaired) electrons. The fourth-order valence-electron chi connectivity index (χ4n) is 5.31. The Kier molecular flexibility index (Phi) is 11.3. The average molecular weight is 545 g/mol. The van der Waals surface area contributed by atoms with Gasteiger partial charge in [-0.25, -0.2) is 0 Å². The summed E-state index contributed by atoms with van der Waals surface area (Å²) < 4.78 is 5.95. The minimum absolute atomic E-state index is 0.00856. The average Bonchev–Trinajstić information content (AvgIpc) is 2.99. The summed E-state index contributed by atoms with van der Waals surface area (Å²) in [6, 6.07) is 11.7. The van der Waals surface area contributed by atoms with Crippen LogP contribution in [0.3, 0.4) is 0 Å². The number of nitrogen functional groups attached to an aromatic ring is 1. The zero-order chi connectivity index (χ0) is 29.2. The molecule has 0 spiro atoms. The molecule has 2 amide bonds. The van der Waals surface area contributed by atoms with E-state index in [1.54, 1.807) is 11.8 Å². The van der Waals surface area contributed by atoms with E-state index in [9.17, 15) is 9.59 Å². The Morgan fingerprint density at radius 3 is 2.23 bits per heavy atom. The molecule has 0 atom stereocenters. The summed E-state index contributed by atoms with van der Waals surface area (Å²) >= 11 is 0. The van der Waals surface area contributed by atoms with Crippen LogP contribution in [0.4, 0.5) is 5.69 Å². The van der Waals surface area contributed by atoms with Crippen molar-refractivity contribution in [2.75, 3.05) is 45.1 Å². The predicted molar refractivity (Wildman–Crippen MR) is 165 cm³/mol. The summed E-state index contributed by atoms with van der Waals surface area (Å²) in [7, 11) is 0. The maximum absolute atomic E-state index is 13.2. The Labute approximate surface area is 239 Å². The van der Waals surface area contributed by atoms with Crippen molar-refractivity contribution < 1.29 is 14.3 Å². The normalized spacial score (nSPS) is 15.9. The standard InChI is InChI=1S/C31H38N4O3.C2H6/c1-4-5-6-25(28-20-38-18-13-26(28)30-21(2)7-12-29(33)27(30)19-32)23-8-10-24(11-9-23)31(37)35-16-14-34(15-17-35)22(3)36;1-2/h6-12,19,32H,4-5,13-18,20,33H2,1-3H3;1-2H3/b25-6+,32-19?;. The van der Waals surface area contributed by atoms with Gasteiger partial charge in [-0.3, -0.25) is 9.59 Å². The van der Waals surface area contributed by atoms with Gasteiger partial charge in [0.15, 0.2) is 0 Å². The van der Waals surface area contributed by atoms with Crippen molar-refractivity contribution in [3.05, 3.63) is 75.9 Å². The van der Waals surface area contributed by atoms with Crippen LogP contribution >= 0.6 is 0 Å². The summed E-state index contributed by atoms with van der Waals surface area (Å²) in [5, 5.41) is 8.04. The molecule has 1 saturated heterocycles. The van der Waals surface area contributed by atoms with Crippen LogP contribution in [0.15, 0.2) is 48.0 Å². The number of nitrogens with one attached hydrogen (secondary N) is 1. The summed E-state index contributed by atoms with van der Waals surface area (Å²) in [6.45, 7) is 13.1. The van der Waals surface area contributed by atoms with Gasteiger partial charge < -0.3 is 25.7 Å². The molecule has 2 aliphatic rings. The number of hydrogen-bond donors (Lipinski definition) is 2. The van der Waals surface area contributed by atoms with Crippen LogP contribution in [0.1, 0.15) is 79.6 Å². The number of allylic oxidation sites excluding steroid dienone is 1. The Balaban J connectivity index is 0.00000216. The van der Waals surface area contributed by atoms with E-state index in [4.69, 9.17) is 15.9 Å². The van der Waals surface area contributed by atoms with E-state index >= 15 is 0 Å². The SMILES string of the molecule is CC.CCC/C=C(/C1=C(c2c(C)ccc(N)c2C=N)CCOC1)c1ccc(C(=O)N2CCN(C(C)=O)CC2)cc1. The minimum Gasteiger partial charge on any atom is -0.398 e. The monoisotopic (exact) mass is 544 g/mol. The molecule has 3 N–H and O–H groups in total. The van der Waals surface area contributed by atoms with Crippen LogP contribution in [0.5, 0.6) is 0 Å². The maximum Gasteiger partial charge on any atom is 0.253 e. The molecule has 40 heavy (non-hydrogen) atoms. The van der Waals surface area contributed by atoms with E-state index in [-0.39, 0.29) is 11.8 Å². The largest absolute Gasteiger partial charge is 0.398 e. The number of rotatable bonds is 7. The van der Waals surface area contributed by atoms with Crippen molar-refractivity contribution in [2.24, 2.45) is 0 Å². The number of aryl methyl sites for hydroxylation is 1. The first-order valence-electron chi connectivity index (χ1n) is 14.4. The van der Waals surface area contributed by atoms with E-state index in [0.717, 1.165) is 52.7 Å². The number of anilines is 1. The molecule has 214 valence electrons. The van der Waals surface area contributed by atoms with Gasteiger partial charge in [0.25, 0.3) is 5.91 Å². The van der Waals surface area contributed by atoms with Crippen molar-refractivity contribution >= 4 is 34.9 Å². The number of carbonyl (C=O) groups is 2. The van der Waals surface area contributed by atoms with Crippen molar-refractivity contribution in [3.63, 3.8) is 0 Å². The Bertz CT molecular complexity index is 1270. The molecule has 7 heteroatoms. The molecule has 2 aromatic carbocycles. The van der Waals surface area contributed by atoms with E-state index in [2.05, 4.69) is 19.9 Å². The van der Waals surface area contributed by atoms with Gasteiger partial charge in [0.1, 0.15) is 0 Å². The minimum atomic E-state index is -0.00856. The third-order valence-electron chi connectivity index (χ3n) is 7.46. The van der Waals surface area contributed by atoms with E-state index < -0.39 is 0 Å². The Hall–Kier alpha value is -3.71. The van der Waals surface area contributed by atoms with Crippen LogP contribution in [-0.2, 0) is 9.53 Å².